The van der Waals surface area contributed by atoms with E-state index in [-0.39, 0.29) is 30.7 Å². The molecule has 8 heteroatoms. The molecule has 0 spiro atoms. The normalized spacial score (nSPS) is 14.9. The maximum Gasteiger partial charge on any atom is 0.410 e. The molecule has 3 amide bonds. The highest BCUT2D eigenvalue weighted by Crippen LogP contribution is 2.12. The summed E-state index contributed by atoms with van der Waals surface area (Å²) in [6.07, 6.45) is 1.79. The third-order valence-electron chi connectivity index (χ3n) is 3.95. The number of amides is 3. The number of methoxy groups -OCH3 is 1. The van der Waals surface area contributed by atoms with Gasteiger partial charge in [0.1, 0.15) is 5.60 Å². The SMILES string of the molecule is COCCCCNC(=O)CCC(=O)N1CCN(C(=O)OC(C)(C)C)CC1. The van der Waals surface area contributed by atoms with Gasteiger partial charge in [-0.1, -0.05) is 0 Å². The van der Waals surface area contributed by atoms with Gasteiger partial charge in [-0.3, -0.25) is 9.59 Å². The number of unbranched alkanes of at least 4 members (excludes halogenated alkanes) is 1. The van der Waals surface area contributed by atoms with Crippen molar-refractivity contribution in [3.05, 3.63) is 0 Å². The highest BCUT2D eigenvalue weighted by molar-refractivity contribution is 5.84. The van der Waals surface area contributed by atoms with Gasteiger partial charge in [-0.15, -0.1) is 0 Å². The Hall–Kier alpha value is -1.83. The average molecular weight is 371 g/mol. The van der Waals surface area contributed by atoms with Crippen LogP contribution in [-0.2, 0) is 19.1 Å². The lowest BCUT2D eigenvalue weighted by atomic mass is 10.2. The number of piperazine rings is 1. The Morgan fingerprint density at radius 1 is 0.962 bits per heavy atom. The van der Waals surface area contributed by atoms with E-state index in [9.17, 15) is 14.4 Å². The number of hydrogen-bond acceptors (Lipinski definition) is 5. The Kier molecular flexibility index (Phi) is 9.40. The molecule has 150 valence electrons. The van der Waals surface area contributed by atoms with Crippen LogP contribution in [0.25, 0.3) is 0 Å². The molecule has 0 bridgehead atoms. The van der Waals surface area contributed by atoms with Crippen LogP contribution in [0.5, 0.6) is 0 Å². The highest BCUT2D eigenvalue weighted by atomic mass is 16.6. The lowest BCUT2D eigenvalue weighted by Crippen LogP contribution is -2.51. The minimum absolute atomic E-state index is 0.0524. The summed E-state index contributed by atoms with van der Waals surface area (Å²) in [6, 6.07) is 0. The Morgan fingerprint density at radius 2 is 1.58 bits per heavy atom. The monoisotopic (exact) mass is 371 g/mol. The summed E-state index contributed by atoms with van der Waals surface area (Å²) in [5.74, 6) is -0.161. The number of hydrogen-bond donors (Lipinski definition) is 1. The van der Waals surface area contributed by atoms with E-state index in [1.165, 1.54) is 0 Å². The zero-order chi connectivity index (χ0) is 19.6. The largest absolute Gasteiger partial charge is 0.444 e. The molecule has 1 rings (SSSR count). The summed E-state index contributed by atoms with van der Waals surface area (Å²) in [4.78, 5) is 39.3. The van der Waals surface area contributed by atoms with Crippen molar-refractivity contribution >= 4 is 17.9 Å². The van der Waals surface area contributed by atoms with E-state index in [4.69, 9.17) is 9.47 Å². The van der Waals surface area contributed by atoms with Crippen molar-refractivity contribution in [3.63, 3.8) is 0 Å². The fourth-order valence-electron chi connectivity index (χ4n) is 2.53. The van der Waals surface area contributed by atoms with E-state index in [0.717, 1.165) is 12.8 Å². The topological polar surface area (TPSA) is 88.2 Å². The molecule has 1 N–H and O–H groups in total. The molecule has 1 fully saturated rings. The standard InChI is InChI=1S/C18H33N3O5/c1-18(2,3)26-17(24)21-12-10-20(11-13-21)16(23)8-7-15(22)19-9-5-6-14-25-4/h5-14H2,1-4H3,(H,19,22). The van der Waals surface area contributed by atoms with Crippen LogP contribution in [0, 0.1) is 0 Å². The number of nitrogens with one attached hydrogen (secondary N) is 1. The second-order valence-corrected chi connectivity index (χ2v) is 7.40. The third-order valence-corrected chi connectivity index (χ3v) is 3.95. The molecular formula is C18H33N3O5. The number of carbonyl (C=O) groups is 3. The molecule has 0 saturated carbocycles. The van der Waals surface area contributed by atoms with Crippen LogP contribution in [0.1, 0.15) is 46.5 Å². The number of carbonyl (C=O) groups excluding carboxylic acids is 3. The molecule has 0 atom stereocenters. The van der Waals surface area contributed by atoms with Crippen LogP contribution in [0.2, 0.25) is 0 Å². The van der Waals surface area contributed by atoms with Gasteiger partial charge in [0.2, 0.25) is 11.8 Å². The number of ether oxygens (including phenoxy) is 2. The van der Waals surface area contributed by atoms with E-state index in [0.29, 0.717) is 39.3 Å². The first-order chi connectivity index (χ1) is 12.2. The maximum absolute atomic E-state index is 12.2. The van der Waals surface area contributed by atoms with Crippen molar-refractivity contribution in [1.29, 1.82) is 0 Å². The molecule has 0 aliphatic carbocycles. The summed E-state index contributed by atoms with van der Waals surface area (Å²) >= 11 is 0. The van der Waals surface area contributed by atoms with Crippen LogP contribution in [0.15, 0.2) is 0 Å². The van der Waals surface area contributed by atoms with E-state index < -0.39 is 5.60 Å². The van der Waals surface area contributed by atoms with E-state index >= 15 is 0 Å². The van der Waals surface area contributed by atoms with Crippen LogP contribution in [-0.4, -0.2) is 79.7 Å². The van der Waals surface area contributed by atoms with Gasteiger partial charge in [-0.25, -0.2) is 4.79 Å². The Balaban J connectivity index is 2.21. The predicted molar refractivity (Wildman–Crippen MR) is 97.7 cm³/mol. The molecule has 1 aliphatic heterocycles. The summed E-state index contributed by atoms with van der Waals surface area (Å²) in [7, 11) is 1.65. The van der Waals surface area contributed by atoms with Gasteiger partial charge in [0.05, 0.1) is 0 Å². The van der Waals surface area contributed by atoms with Crippen LogP contribution >= 0.6 is 0 Å². The molecule has 0 radical (unpaired) electrons. The first-order valence-corrected chi connectivity index (χ1v) is 9.24. The summed E-state index contributed by atoms with van der Waals surface area (Å²) in [6.45, 7) is 8.61. The van der Waals surface area contributed by atoms with Gasteiger partial charge in [0, 0.05) is 59.3 Å². The second kappa shape index (κ2) is 11.0. The molecule has 1 aliphatic rings. The van der Waals surface area contributed by atoms with Crippen LogP contribution < -0.4 is 5.32 Å². The van der Waals surface area contributed by atoms with E-state index in [1.54, 1.807) is 16.9 Å². The van der Waals surface area contributed by atoms with Gasteiger partial charge in [0.15, 0.2) is 0 Å². The van der Waals surface area contributed by atoms with Gasteiger partial charge in [0.25, 0.3) is 0 Å². The van der Waals surface area contributed by atoms with Crippen molar-refractivity contribution in [3.8, 4) is 0 Å². The molecule has 26 heavy (non-hydrogen) atoms. The van der Waals surface area contributed by atoms with Crippen molar-refractivity contribution in [1.82, 2.24) is 15.1 Å². The third kappa shape index (κ3) is 9.03. The molecule has 0 aromatic carbocycles. The molecule has 1 heterocycles. The Bertz CT molecular complexity index is 468. The predicted octanol–water partition coefficient (Wildman–Crippen LogP) is 1.39. The van der Waals surface area contributed by atoms with Gasteiger partial charge >= 0.3 is 6.09 Å². The first-order valence-electron chi connectivity index (χ1n) is 9.24. The second-order valence-electron chi connectivity index (χ2n) is 7.40. The smallest absolute Gasteiger partial charge is 0.410 e. The zero-order valence-corrected chi connectivity index (χ0v) is 16.5. The number of rotatable bonds is 8. The molecule has 1 saturated heterocycles. The van der Waals surface area contributed by atoms with E-state index in [2.05, 4.69) is 5.32 Å². The quantitative estimate of drug-likeness (QED) is 0.652. The van der Waals surface area contributed by atoms with Gasteiger partial charge in [-0.05, 0) is 33.6 Å². The fraction of sp³-hybridized carbons (Fsp3) is 0.833. The lowest BCUT2D eigenvalue weighted by molar-refractivity contribution is -0.135. The molecule has 8 nitrogen and oxygen atoms in total. The molecule has 0 aromatic heterocycles. The first kappa shape index (κ1) is 22.2. The highest BCUT2D eigenvalue weighted by Gasteiger charge is 2.27. The van der Waals surface area contributed by atoms with Gasteiger partial charge < -0.3 is 24.6 Å². The summed E-state index contributed by atoms with van der Waals surface area (Å²) < 4.78 is 10.3. The summed E-state index contributed by atoms with van der Waals surface area (Å²) in [5, 5.41) is 2.81. The minimum Gasteiger partial charge on any atom is -0.444 e. The van der Waals surface area contributed by atoms with E-state index in [1.807, 2.05) is 20.8 Å². The number of nitrogens with zero attached hydrogens (tertiary/aromatic N) is 2. The van der Waals surface area contributed by atoms with Crippen LogP contribution in [0.4, 0.5) is 4.79 Å². The van der Waals surface area contributed by atoms with Crippen molar-refractivity contribution in [2.75, 3.05) is 46.4 Å². The minimum atomic E-state index is -0.527. The van der Waals surface area contributed by atoms with Crippen molar-refractivity contribution in [2.45, 2.75) is 52.1 Å². The Labute approximate surface area is 156 Å². The maximum atomic E-state index is 12.2. The zero-order valence-electron chi connectivity index (χ0n) is 16.5. The Morgan fingerprint density at radius 3 is 2.15 bits per heavy atom. The lowest BCUT2D eigenvalue weighted by Gasteiger charge is -2.35. The van der Waals surface area contributed by atoms with Gasteiger partial charge in [-0.2, -0.15) is 0 Å². The summed E-state index contributed by atoms with van der Waals surface area (Å²) in [5.41, 5.74) is -0.527. The van der Waals surface area contributed by atoms with Crippen LogP contribution in [0.3, 0.4) is 0 Å². The average Bonchev–Trinajstić information content (AvgIpc) is 2.58. The molecule has 0 unspecified atom stereocenters. The van der Waals surface area contributed by atoms with Crippen molar-refractivity contribution in [2.24, 2.45) is 0 Å². The fourth-order valence-corrected chi connectivity index (χ4v) is 2.53. The van der Waals surface area contributed by atoms with Crippen molar-refractivity contribution < 1.29 is 23.9 Å². The molecular weight excluding hydrogens is 338 g/mol. The molecule has 0 aromatic rings.